The number of hydrogen-bond donors (Lipinski definition) is 1. The Morgan fingerprint density at radius 1 is 1.25 bits per heavy atom. The first-order valence-electron chi connectivity index (χ1n) is 4.28. The summed E-state index contributed by atoms with van der Waals surface area (Å²) in [6.07, 6.45) is -1.25. The quantitative estimate of drug-likeness (QED) is 0.602. The van der Waals surface area contributed by atoms with E-state index in [4.69, 9.17) is 5.73 Å². The van der Waals surface area contributed by atoms with E-state index >= 15 is 0 Å². The van der Waals surface area contributed by atoms with Crippen LogP contribution in [0.1, 0.15) is 19.3 Å². The molecule has 2 fully saturated rings. The molecule has 0 radical (unpaired) electrons. The van der Waals surface area contributed by atoms with Gasteiger partial charge in [-0.3, -0.25) is 0 Å². The van der Waals surface area contributed by atoms with Crippen LogP contribution < -0.4 is 5.73 Å². The van der Waals surface area contributed by atoms with Crippen LogP contribution in [0.4, 0.5) is 13.2 Å². The Morgan fingerprint density at radius 3 is 2.50 bits per heavy atom. The van der Waals surface area contributed by atoms with Gasteiger partial charge >= 0.3 is 0 Å². The van der Waals surface area contributed by atoms with Gasteiger partial charge < -0.3 is 5.73 Å². The molecule has 1 nitrogen and oxygen atoms in total. The van der Waals surface area contributed by atoms with Gasteiger partial charge in [-0.05, 0) is 18.8 Å². The second-order valence-electron chi connectivity index (χ2n) is 4.02. The first-order valence-corrected chi connectivity index (χ1v) is 4.28. The molecule has 0 amide bonds. The maximum absolute atomic E-state index is 13.0. The van der Waals surface area contributed by atoms with Crippen molar-refractivity contribution in [1.82, 2.24) is 0 Å². The average molecular weight is 179 g/mol. The van der Waals surface area contributed by atoms with Gasteiger partial charge in [-0.1, -0.05) is 0 Å². The number of nitrogens with two attached hydrogens (primary N) is 1. The van der Waals surface area contributed by atoms with E-state index in [-0.39, 0.29) is 18.4 Å². The molecule has 2 saturated carbocycles. The molecule has 0 saturated heterocycles. The molecule has 0 bridgehead atoms. The monoisotopic (exact) mass is 179 g/mol. The number of alkyl halides is 3. The van der Waals surface area contributed by atoms with Gasteiger partial charge in [0.05, 0.1) is 0 Å². The van der Waals surface area contributed by atoms with E-state index in [1.165, 1.54) is 0 Å². The van der Waals surface area contributed by atoms with Gasteiger partial charge in [0.1, 0.15) is 0 Å². The highest BCUT2D eigenvalue weighted by molar-refractivity contribution is 5.02. The summed E-state index contributed by atoms with van der Waals surface area (Å²) in [5.41, 5.74) is 5.56. The lowest BCUT2D eigenvalue weighted by atomic mass is 10.0. The third kappa shape index (κ3) is 1.04. The normalized spacial score (nSPS) is 51.0. The molecule has 12 heavy (non-hydrogen) atoms. The van der Waals surface area contributed by atoms with Gasteiger partial charge in [0.2, 0.25) is 0 Å². The summed E-state index contributed by atoms with van der Waals surface area (Å²) in [4.78, 5) is 0. The van der Waals surface area contributed by atoms with Crippen molar-refractivity contribution in [3.63, 3.8) is 0 Å². The zero-order valence-corrected chi connectivity index (χ0v) is 6.64. The fraction of sp³-hybridized carbons (Fsp3) is 1.00. The van der Waals surface area contributed by atoms with Crippen molar-refractivity contribution in [3.05, 3.63) is 0 Å². The molecule has 2 aliphatic carbocycles. The maximum atomic E-state index is 13.0. The molecule has 0 unspecified atom stereocenters. The Balaban J connectivity index is 2.14. The van der Waals surface area contributed by atoms with Crippen molar-refractivity contribution in [2.75, 3.05) is 0 Å². The molecule has 0 aromatic carbocycles. The van der Waals surface area contributed by atoms with E-state index < -0.39 is 18.0 Å². The van der Waals surface area contributed by atoms with Crippen LogP contribution in [-0.2, 0) is 0 Å². The van der Waals surface area contributed by atoms with Crippen LogP contribution in [0.25, 0.3) is 0 Å². The molecule has 2 N–H and O–H groups in total. The van der Waals surface area contributed by atoms with Crippen LogP contribution in [0.3, 0.4) is 0 Å². The highest BCUT2D eigenvalue weighted by atomic mass is 19.3. The van der Waals surface area contributed by atoms with Gasteiger partial charge in [-0.25, -0.2) is 13.2 Å². The highest BCUT2D eigenvalue weighted by Gasteiger charge is 2.58. The fourth-order valence-corrected chi connectivity index (χ4v) is 2.57. The van der Waals surface area contributed by atoms with Gasteiger partial charge in [-0.2, -0.15) is 0 Å². The maximum Gasteiger partial charge on any atom is 0.279 e. The summed E-state index contributed by atoms with van der Waals surface area (Å²) in [6.45, 7) is 0. The molecule has 4 atom stereocenters. The summed E-state index contributed by atoms with van der Waals surface area (Å²) in [7, 11) is 0. The minimum absolute atomic E-state index is 0.0608. The summed E-state index contributed by atoms with van der Waals surface area (Å²) in [5, 5.41) is 0. The predicted molar refractivity (Wildman–Crippen MR) is 38.6 cm³/mol. The lowest BCUT2D eigenvalue weighted by Gasteiger charge is -2.15. The third-order valence-corrected chi connectivity index (χ3v) is 3.10. The third-order valence-electron chi connectivity index (χ3n) is 3.10. The molecule has 0 aromatic heterocycles. The molecule has 4 heteroatoms. The molecular formula is C8H12F3N. The van der Waals surface area contributed by atoms with Crippen molar-refractivity contribution in [2.24, 2.45) is 17.6 Å². The van der Waals surface area contributed by atoms with Crippen molar-refractivity contribution in [2.45, 2.75) is 37.4 Å². The Morgan fingerprint density at radius 2 is 1.92 bits per heavy atom. The van der Waals surface area contributed by atoms with Crippen molar-refractivity contribution in [3.8, 4) is 0 Å². The van der Waals surface area contributed by atoms with E-state index in [0.717, 1.165) is 0 Å². The van der Waals surface area contributed by atoms with E-state index in [2.05, 4.69) is 0 Å². The zero-order chi connectivity index (χ0) is 8.93. The first-order chi connectivity index (χ1) is 5.50. The Kier molecular flexibility index (Phi) is 1.65. The number of halogens is 3. The molecule has 0 aromatic rings. The lowest BCUT2D eigenvalue weighted by Crippen LogP contribution is -2.29. The minimum atomic E-state index is -3.09. The Hall–Kier alpha value is -0.250. The van der Waals surface area contributed by atoms with Crippen molar-refractivity contribution >= 4 is 0 Å². The van der Waals surface area contributed by atoms with Crippen LogP contribution in [0, 0.1) is 11.8 Å². The SMILES string of the molecule is N[C@@H]1C[C@H]2CC(F)(F)[C@H](F)[C@H]2C1. The molecule has 0 spiro atoms. The molecule has 2 rings (SSSR count). The molecular weight excluding hydrogens is 167 g/mol. The second-order valence-corrected chi connectivity index (χ2v) is 4.02. The van der Waals surface area contributed by atoms with Crippen molar-refractivity contribution < 1.29 is 13.2 Å². The fourth-order valence-electron chi connectivity index (χ4n) is 2.57. The van der Waals surface area contributed by atoms with E-state index in [1.54, 1.807) is 0 Å². The smallest absolute Gasteiger partial charge is 0.279 e. The van der Waals surface area contributed by atoms with E-state index in [1.807, 2.05) is 0 Å². The van der Waals surface area contributed by atoms with Crippen LogP contribution in [0.2, 0.25) is 0 Å². The van der Waals surface area contributed by atoms with Crippen LogP contribution in [-0.4, -0.2) is 18.1 Å². The summed E-state index contributed by atoms with van der Waals surface area (Å²) in [6, 6.07) is -0.0608. The Bertz CT molecular complexity index is 195. The zero-order valence-electron chi connectivity index (χ0n) is 6.64. The molecule has 70 valence electrons. The van der Waals surface area contributed by atoms with Gasteiger partial charge in [0.15, 0.2) is 6.17 Å². The standard InChI is InChI=1S/C8H12F3N/c9-7-6-2-5(12)1-4(6)3-8(7,10)11/h4-7H,1-3,12H2/t4-,5+,6-,7+/m0/s1. The molecule has 0 heterocycles. The summed E-state index contributed by atoms with van der Waals surface area (Å²) < 4.78 is 38.6. The second kappa shape index (κ2) is 2.37. The van der Waals surface area contributed by atoms with Crippen molar-refractivity contribution in [1.29, 1.82) is 0 Å². The number of fused-ring (bicyclic) bond motifs is 1. The van der Waals surface area contributed by atoms with Gasteiger partial charge in [-0.15, -0.1) is 0 Å². The molecule has 2 aliphatic rings. The minimum Gasteiger partial charge on any atom is -0.328 e. The lowest BCUT2D eigenvalue weighted by molar-refractivity contribution is -0.0625. The van der Waals surface area contributed by atoms with Crippen LogP contribution >= 0.6 is 0 Å². The van der Waals surface area contributed by atoms with Gasteiger partial charge in [0.25, 0.3) is 5.92 Å². The molecule has 0 aliphatic heterocycles. The van der Waals surface area contributed by atoms with E-state index in [0.29, 0.717) is 12.8 Å². The average Bonchev–Trinajstić information content (AvgIpc) is 2.35. The topological polar surface area (TPSA) is 26.0 Å². The summed E-state index contributed by atoms with van der Waals surface area (Å²) in [5.74, 6) is -3.74. The highest BCUT2D eigenvalue weighted by Crippen LogP contribution is 2.52. The van der Waals surface area contributed by atoms with Crippen LogP contribution in [0.5, 0.6) is 0 Å². The Labute approximate surface area is 69.1 Å². The van der Waals surface area contributed by atoms with E-state index in [9.17, 15) is 13.2 Å². The number of hydrogen-bond acceptors (Lipinski definition) is 1. The largest absolute Gasteiger partial charge is 0.328 e. The number of rotatable bonds is 0. The summed E-state index contributed by atoms with van der Waals surface area (Å²) >= 11 is 0. The van der Waals surface area contributed by atoms with Gasteiger partial charge in [0, 0.05) is 18.4 Å². The first kappa shape index (κ1) is 8.35. The van der Waals surface area contributed by atoms with Crippen LogP contribution in [0.15, 0.2) is 0 Å². The predicted octanol–water partition coefficient (Wildman–Crippen LogP) is 1.72.